The highest BCUT2D eigenvalue weighted by molar-refractivity contribution is 4.86. The molecule has 2 nitrogen and oxygen atoms in total. The van der Waals surface area contributed by atoms with Gasteiger partial charge in [0.05, 0.1) is 5.60 Å². The quantitative estimate of drug-likeness (QED) is 0.768. The van der Waals surface area contributed by atoms with Gasteiger partial charge in [0.25, 0.3) is 0 Å². The first-order chi connectivity index (χ1) is 7.40. The molecule has 2 N–H and O–H groups in total. The topological polar surface area (TPSA) is 35.2 Å². The molecule has 0 aromatic carbocycles. The molecule has 0 spiro atoms. The first kappa shape index (κ1) is 13.8. The smallest absolute Gasteiger partial charge is 0.361 e. The third-order valence-corrected chi connectivity index (χ3v) is 3.27. The Morgan fingerprint density at radius 3 is 2.06 bits per heavy atom. The summed E-state index contributed by atoms with van der Waals surface area (Å²) in [6, 6.07) is 0. The van der Waals surface area contributed by atoms with Crippen molar-refractivity contribution in [3.8, 4) is 0 Å². The molecular formula is C11H20F3NO. The molecule has 1 atom stereocenters. The van der Waals surface area contributed by atoms with Gasteiger partial charge in [-0.15, -0.1) is 0 Å². The van der Waals surface area contributed by atoms with Crippen LogP contribution in [0, 0.1) is 0 Å². The van der Waals surface area contributed by atoms with Crippen molar-refractivity contribution in [2.45, 2.75) is 63.3 Å². The van der Waals surface area contributed by atoms with Gasteiger partial charge in [-0.25, -0.2) is 0 Å². The minimum absolute atomic E-state index is 0.174. The highest BCUT2D eigenvalue weighted by Gasteiger charge is 2.43. The van der Waals surface area contributed by atoms with Crippen LogP contribution in [-0.4, -0.2) is 24.4 Å². The van der Waals surface area contributed by atoms with Crippen molar-refractivity contribution in [3.63, 3.8) is 0 Å². The molecule has 0 aromatic heterocycles. The predicted octanol–water partition coefficient (Wildman–Crippen LogP) is 3.01. The van der Waals surface area contributed by atoms with Gasteiger partial charge in [0.15, 0.2) is 6.10 Å². The number of hydrogen-bond donors (Lipinski definition) is 1. The lowest BCUT2D eigenvalue weighted by molar-refractivity contribution is -0.248. The summed E-state index contributed by atoms with van der Waals surface area (Å²) in [7, 11) is 0. The van der Waals surface area contributed by atoms with Crippen LogP contribution < -0.4 is 5.73 Å². The first-order valence-corrected chi connectivity index (χ1v) is 5.84. The van der Waals surface area contributed by atoms with Crippen LogP contribution in [0.5, 0.6) is 0 Å². The summed E-state index contributed by atoms with van der Waals surface area (Å²) in [5.41, 5.74) is 4.85. The lowest BCUT2D eigenvalue weighted by atomic mass is 9.94. The summed E-state index contributed by atoms with van der Waals surface area (Å²) in [6.45, 7) is 1.23. The van der Waals surface area contributed by atoms with Crippen molar-refractivity contribution >= 4 is 0 Å². The van der Waals surface area contributed by atoms with Crippen LogP contribution in [-0.2, 0) is 4.74 Å². The van der Waals surface area contributed by atoms with Crippen LogP contribution in [0.4, 0.5) is 13.2 Å². The Kier molecular flexibility index (Phi) is 4.62. The monoisotopic (exact) mass is 239 g/mol. The van der Waals surface area contributed by atoms with Crippen LogP contribution in [0.25, 0.3) is 0 Å². The second-order valence-electron chi connectivity index (χ2n) is 4.60. The molecule has 1 aliphatic carbocycles. The molecule has 96 valence electrons. The number of halogens is 3. The van der Waals surface area contributed by atoms with Gasteiger partial charge in [-0.1, -0.05) is 25.7 Å². The van der Waals surface area contributed by atoms with Gasteiger partial charge in [0.2, 0.25) is 0 Å². The second-order valence-corrected chi connectivity index (χ2v) is 4.60. The summed E-state index contributed by atoms with van der Waals surface area (Å²) < 4.78 is 42.6. The van der Waals surface area contributed by atoms with Crippen LogP contribution in [0.3, 0.4) is 0 Å². The van der Waals surface area contributed by atoms with Crippen molar-refractivity contribution in [2.24, 2.45) is 5.73 Å². The highest BCUT2D eigenvalue weighted by atomic mass is 19.4. The van der Waals surface area contributed by atoms with E-state index in [0.29, 0.717) is 12.8 Å². The molecule has 0 aromatic rings. The number of nitrogens with two attached hydrogens (primary N) is 1. The number of hydrogen-bond acceptors (Lipinski definition) is 2. The Morgan fingerprint density at radius 1 is 1.19 bits per heavy atom. The maximum absolute atomic E-state index is 12.4. The van der Waals surface area contributed by atoms with Crippen molar-refractivity contribution in [3.05, 3.63) is 0 Å². The van der Waals surface area contributed by atoms with Gasteiger partial charge in [-0.05, 0) is 19.8 Å². The fourth-order valence-corrected chi connectivity index (χ4v) is 2.18. The van der Waals surface area contributed by atoms with Crippen molar-refractivity contribution < 1.29 is 17.9 Å². The fourth-order valence-electron chi connectivity index (χ4n) is 2.18. The average molecular weight is 239 g/mol. The van der Waals surface area contributed by atoms with Crippen molar-refractivity contribution in [2.75, 3.05) is 6.54 Å². The van der Waals surface area contributed by atoms with Gasteiger partial charge >= 0.3 is 6.18 Å². The summed E-state index contributed by atoms with van der Waals surface area (Å²) in [5, 5.41) is 0. The number of alkyl halides is 3. The van der Waals surface area contributed by atoms with E-state index in [-0.39, 0.29) is 6.54 Å². The van der Waals surface area contributed by atoms with E-state index in [2.05, 4.69) is 0 Å². The van der Waals surface area contributed by atoms with E-state index in [4.69, 9.17) is 10.5 Å². The zero-order valence-corrected chi connectivity index (χ0v) is 9.65. The first-order valence-electron chi connectivity index (χ1n) is 5.84. The Hall–Kier alpha value is -0.290. The third-order valence-electron chi connectivity index (χ3n) is 3.27. The number of rotatable bonds is 3. The second kappa shape index (κ2) is 5.36. The minimum atomic E-state index is -4.30. The van der Waals surface area contributed by atoms with Crippen LogP contribution in [0.2, 0.25) is 0 Å². The van der Waals surface area contributed by atoms with E-state index >= 15 is 0 Å². The van der Waals surface area contributed by atoms with E-state index in [1.807, 2.05) is 0 Å². The maximum Gasteiger partial charge on any atom is 0.414 e. The maximum atomic E-state index is 12.4. The van der Waals surface area contributed by atoms with E-state index in [9.17, 15) is 13.2 Å². The van der Waals surface area contributed by atoms with Gasteiger partial charge in [-0.2, -0.15) is 13.2 Å². The van der Waals surface area contributed by atoms with Crippen LogP contribution in [0.1, 0.15) is 45.4 Å². The molecule has 16 heavy (non-hydrogen) atoms. The predicted molar refractivity (Wildman–Crippen MR) is 56.1 cm³/mol. The Balaban J connectivity index is 2.64. The zero-order valence-electron chi connectivity index (χ0n) is 9.65. The lowest BCUT2D eigenvalue weighted by Crippen LogP contribution is -2.46. The molecule has 1 aliphatic rings. The standard InChI is InChI=1S/C11H20F3NO/c1-9(11(12,13)14)16-10(8-15)6-4-2-3-5-7-10/h9H,2-8,15H2,1H3. The molecule has 1 unspecified atom stereocenters. The minimum Gasteiger partial charge on any atom is -0.361 e. The molecule has 0 saturated heterocycles. The van der Waals surface area contributed by atoms with Crippen molar-refractivity contribution in [1.82, 2.24) is 0 Å². The molecule has 0 radical (unpaired) electrons. The van der Waals surface area contributed by atoms with Gasteiger partial charge in [-0.3, -0.25) is 0 Å². The molecule has 1 saturated carbocycles. The zero-order chi connectivity index (χ0) is 12.2. The molecule has 0 aliphatic heterocycles. The molecule has 1 rings (SSSR count). The normalized spacial score (nSPS) is 23.8. The Labute approximate surface area is 94.3 Å². The highest BCUT2D eigenvalue weighted by Crippen LogP contribution is 2.34. The fraction of sp³-hybridized carbons (Fsp3) is 1.00. The van der Waals surface area contributed by atoms with E-state index < -0.39 is 17.9 Å². The molecule has 0 heterocycles. The molecule has 5 heteroatoms. The summed E-state index contributed by atoms with van der Waals surface area (Å²) in [6.07, 6.45) is -0.808. The number of ether oxygens (including phenoxy) is 1. The largest absolute Gasteiger partial charge is 0.414 e. The van der Waals surface area contributed by atoms with Crippen molar-refractivity contribution in [1.29, 1.82) is 0 Å². The Morgan fingerprint density at radius 2 is 1.69 bits per heavy atom. The average Bonchev–Trinajstić information content (AvgIpc) is 2.43. The van der Waals surface area contributed by atoms with Crippen LogP contribution in [0.15, 0.2) is 0 Å². The Bertz CT molecular complexity index is 210. The summed E-state index contributed by atoms with van der Waals surface area (Å²) >= 11 is 0. The van der Waals surface area contributed by atoms with Gasteiger partial charge in [0.1, 0.15) is 0 Å². The van der Waals surface area contributed by atoms with E-state index in [1.54, 1.807) is 0 Å². The van der Waals surface area contributed by atoms with E-state index in [1.165, 1.54) is 0 Å². The molecule has 0 bridgehead atoms. The molecular weight excluding hydrogens is 219 g/mol. The lowest BCUT2D eigenvalue weighted by Gasteiger charge is -2.35. The van der Waals surface area contributed by atoms with Crippen LogP contribution >= 0.6 is 0 Å². The third kappa shape index (κ3) is 3.63. The van der Waals surface area contributed by atoms with Gasteiger partial charge in [0, 0.05) is 6.54 Å². The molecule has 1 fully saturated rings. The molecule has 0 amide bonds. The van der Waals surface area contributed by atoms with E-state index in [0.717, 1.165) is 32.6 Å². The summed E-state index contributed by atoms with van der Waals surface area (Å²) in [5.74, 6) is 0. The SMILES string of the molecule is CC(OC1(CN)CCCCCC1)C(F)(F)F. The van der Waals surface area contributed by atoms with Gasteiger partial charge < -0.3 is 10.5 Å². The summed E-state index contributed by atoms with van der Waals surface area (Å²) in [4.78, 5) is 0.